The van der Waals surface area contributed by atoms with Crippen molar-refractivity contribution in [3.8, 4) is 5.75 Å². The molecule has 14 nitrogen and oxygen atoms in total. The van der Waals surface area contributed by atoms with Gasteiger partial charge in [0.2, 0.25) is 0 Å². The monoisotopic (exact) mass is 755 g/mol. The number of para-hydroxylation sites is 1. The van der Waals surface area contributed by atoms with Gasteiger partial charge in [-0.3, -0.25) is 9.35 Å². The first-order valence-corrected chi connectivity index (χ1v) is 19.4. The number of aromatic amines is 2. The second kappa shape index (κ2) is 16.0. The van der Waals surface area contributed by atoms with Crippen LogP contribution in [0.1, 0.15) is 24.0 Å². The van der Waals surface area contributed by atoms with E-state index in [0.29, 0.717) is 40.3 Å². The molecule has 284 valence electrons. The number of methoxy groups -OCH3 is 1. The van der Waals surface area contributed by atoms with Crippen LogP contribution in [0.15, 0.2) is 71.7 Å². The summed E-state index contributed by atoms with van der Waals surface area (Å²) in [5, 5.41) is 33.2. The Kier molecular flexibility index (Phi) is 11.4. The van der Waals surface area contributed by atoms with Crippen LogP contribution in [0.4, 0.5) is 17.2 Å². The third kappa shape index (κ3) is 8.11. The number of fused-ring (bicyclic) bond motifs is 6. The number of hydrogen-bond acceptors (Lipinski definition) is 10. The molecule has 4 aromatic carbocycles. The largest absolute Gasteiger partial charge is 0.595 e. The van der Waals surface area contributed by atoms with E-state index in [-0.39, 0.29) is 11.1 Å². The summed E-state index contributed by atoms with van der Waals surface area (Å²) in [5.41, 5.74) is 6.11. The molecule has 7 aromatic rings. The van der Waals surface area contributed by atoms with E-state index in [4.69, 9.17) is 14.3 Å². The summed E-state index contributed by atoms with van der Waals surface area (Å²) in [6, 6.07) is 18.7. The summed E-state index contributed by atoms with van der Waals surface area (Å²) in [5.74, 6) is 1.73. The number of ether oxygens (including phenoxy) is 1. The summed E-state index contributed by atoms with van der Waals surface area (Å²) in [4.78, 5) is 27.3. The zero-order chi connectivity index (χ0) is 38.7. The first-order valence-electron chi connectivity index (χ1n) is 17.5. The van der Waals surface area contributed by atoms with Crippen molar-refractivity contribution in [2.75, 3.05) is 57.2 Å². The third-order valence-electron chi connectivity index (χ3n) is 9.62. The Morgan fingerprint density at radius 2 is 1.54 bits per heavy atom. The standard InChI is InChI=1S/C38H41N7O4.CH4O3S/c1-22-25-15-18-41-38(33(25)23(2)32-27-21-24(49-4)11-12-29(27)42-35(22)32)40-17-8-20-44(3)19-7-16-39-30-13-14-31(45(47)48)36-34(30)37(46)26-9-5-6-10-28(26)43-36;1-5(2,3)4/h5-6,9-15,18,21,39,42,45,47H,7-8,16-17,19-20H2,1-4H3,(H,40,41)(H,43,46);1H3,(H,2,3,4). The van der Waals surface area contributed by atoms with Crippen molar-refractivity contribution >= 4 is 81.7 Å². The second-order valence-corrected chi connectivity index (χ2v) is 14.9. The molecular formula is C39H45N7O7S. The van der Waals surface area contributed by atoms with Crippen LogP contribution < -0.4 is 26.0 Å². The molecule has 0 spiro atoms. The molecule has 0 amide bonds. The van der Waals surface area contributed by atoms with Gasteiger partial charge < -0.3 is 35.4 Å². The van der Waals surface area contributed by atoms with Crippen molar-refractivity contribution in [2.24, 2.45) is 0 Å². The molecule has 0 aliphatic carbocycles. The smallest absolute Gasteiger partial charge is 0.261 e. The number of anilines is 2. The first-order chi connectivity index (χ1) is 25.8. The number of pyridine rings is 2. The van der Waals surface area contributed by atoms with Gasteiger partial charge in [0, 0.05) is 63.6 Å². The molecule has 0 aliphatic rings. The molecule has 0 radical (unpaired) electrons. The van der Waals surface area contributed by atoms with Crippen molar-refractivity contribution in [3.63, 3.8) is 0 Å². The molecule has 0 bridgehead atoms. The van der Waals surface area contributed by atoms with Gasteiger partial charge in [0.15, 0.2) is 11.1 Å². The Morgan fingerprint density at radius 3 is 2.24 bits per heavy atom. The van der Waals surface area contributed by atoms with E-state index in [9.17, 15) is 23.6 Å². The minimum absolute atomic E-state index is 0.0765. The summed E-state index contributed by atoms with van der Waals surface area (Å²) in [7, 11) is 0.139. The highest BCUT2D eigenvalue weighted by Gasteiger charge is 2.18. The Balaban J connectivity index is 0.000000934. The third-order valence-corrected chi connectivity index (χ3v) is 9.62. The van der Waals surface area contributed by atoms with Crippen molar-refractivity contribution in [3.05, 3.63) is 93.4 Å². The van der Waals surface area contributed by atoms with Gasteiger partial charge in [0.05, 0.1) is 24.3 Å². The molecule has 3 heterocycles. The number of aromatic nitrogens is 3. The van der Waals surface area contributed by atoms with Gasteiger partial charge >= 0.3 is 0 Å². The Morgan fingerprint density at radius 1 is 0.870 bits per heavy atom. The minimum atomic E-state index is -3.67. The lowest BCUT2D eigenvalue weighted by Gasteiger charge is -2.19. The van der Waals surface area contributed by atoms with E-state index in [1.165, 1.54) is 21.9 Å². The van der Waals surface area contributed by atoms with Crippen molar-refractivity contribution in [1.82, 2.24) is 19.9 Å². The van der Waals surface area contributed by atoms with Gasteiger partial charge in [-0.1, -0.05) is 12.1 Å². The molecule has 7 rings (SSSR count). The zero-order valence-electron chi connectivity index (χ0n) is 30.8. The van der Waals surface area contributed by atoms with E-state index in [1.54, 1.807) is 31.4 Å². The van der Waals surface area contributed by atoms with Crippen LogP contribution in [0.2, 0.25) is 0 Å². The van der Waals surface area contributed by atoms with Gasteiger partial charge in [-0.25, -0.2) is 10.2 Å². The molecule has 1 atom stereocenters. The lowest BCUT2D eigenvalue weighted by atomic mass is 9.96. The number of quaternary nitrogens is 1. The van der Waals surface area contributed by atoms with E-state index in [2.05, 4.69) is 64.6 Å². The number of nitrogens with one attached hydrogen (secondary N) is 5. The van der Waals surface area contributed by atoms with Gasteiger partial charge in [-0.15, -0.1) is 0 Å². The van der Waals surface area contributed by atoms with Gasteiger partial charge in [0.25, 0.3) is 10.1 Å². The Labute approximate surface area is 312 Å². The van der Waals surface area contributed by atoms with E-state index >= 15 is 0 Å². The molecule has 7 N–H and O–H groups in total. The average molecular weight is 756 g/mol. The molecule has 1 unspecified atom stereocenters. The maximum Gasteiger partial charge on any atom is 0.261 e. The fourth-order valence-corrected chi connectivity index (χ4v) is 7.11. The van der Waals surface area contributed by atoms with Crippen LogP contribution in [-0.4, -0.2) is 84.6 Å². The van der Waals surface area contributed by atoms with Crippen LogP contribution in [-0.2, 0) is 10.1 Å². The Hall–Kier alpha value is -5.29. The minimum Gasteiger partial charge on any atom is -0.595 e. The highest BCUT2D eigenvalue weighted by molar-refractivity contribution is 7.85. The topological polar surface area (TPSA) is 200 Å². The molecule has 0 aliphatic heterocycles. The maximum absolute atomic E-state index is 13.4. The predicted octanol–water partition coefficient (Wildman–Crippen LogP) is 5.63. The van der Waals surface area contributed by atoms with Gasteiger partial charge in [-0.2, -0.15) is 13.6 Å². The van der Waals surface area contributed by atoms with Crippen LogP contribution in [0.5, 0.6) is 5.75 Å². The number of aryl methyl sites for hydroxylation is 2. The molecule has 54 heavy (non-hydrogen) atoms. The number of nitrogens with zero attached hydrogens (tertiary/aromatic N) is 2. The SMILES string of the molecule is COc1ccc2[nH]c3c(C)c4ccnc(NCCCN(C)CCCNc5ccc([NH+]([O-])O)c6[nH]c7ccccc7c(=O)c56)c4c(C)c3c2c1.CS(=O)(=O)O. The summed E-state index contributed by atoms with van der Waals surface area (Å²) in [6.45, 7) is 7.54. The first kappa shape index (κ1) is 38.4. The predicted molar refractivity (Wildman–Crippen MR) is 216 cm³/mol. The van der Waals surface area contributed by atoms with Crippen molar-refractivity contribution in [1.29, 1.82) is 0 Å². The van der Waals surface area contributed by atoms with E-state index < -0.39 is 15.3 Å². The number of hydrogen-bond donors (Lipinski definition) is 7. The van der Waals surface area contributed by atoms with Crippen LogP contribution in [0.25, 0.3) is 54.4 Å². The highest BCUT2D eigenvalue weighted by Crippen LogP contribution is 2.39. The quantitative estimate of drug-likeness (QED) is 0.0353. The molecule has 0 fully saturated rings. The fourth-order valence-electron chi connectivity index (χ4n) is 7.11. The summed E-state index contributed by atoms with van der Waals surface area (Å²) >= 11 is 0. The highest BCUT2D eigenvalue weighted by atomic mass is 32.2. The van der Waals surface area contributed by atoms with Crippen molar-refractivity contribution < 1.29 is 28.1 Å². The fraction of sp³-hybridized carbons (Fsp3) is 0.282. The normalized spacial score (nSPS) is 12.5. The number of rotatable bonds is 12. The summed E-state index contributed by atoms with van der Waals surface area (Å²) in [6.07, 6.45) is 4.39. The number of H-pyrrole nitrogens is 2. The molecule has 0 saturated heterocycles. The lowest BCUT2D eigenvalue weighted by Crippen LogP contribution is -2.99. The lowest BCUT2D eigenvalue weighted by molar-refractivity contribution is -0.990. The molecular weight excluding hydrogens is 711 g/mol. The molecule has 3 aromatic heterocycles. The molecule has 15 heteroatoms. The van der Waals surface area contributed by atoms with Crippen molar-refractivity contribution in [2.45, 2.75) is 26.7 Å². The van der Waals surface area contributed by atoms with Crippen LogP contribution in [0, 0.1) is 19.1 Å². The summed E-state index contributed by atoms with van der Waals surface area (Å²) < 4.78 is 31.4. The van der Waals surface area contributed by atoms with Crippen LogP contribution in [0.3, 0.4) is 0 Å². The van der Waals surface area contributed by atoms with E-state index in [0.717, 1.165) is 65.8 Å². The maximum atomic E-state index is 13.4. The van der Waals surface area contributed by atoms with Crippen LogP contribution >= 0.6 is 0 Å². The number of benzene rings is 4. The van der Waals surface area contributed by atoms with E-state index in [1.807, 2.05) is 24.4 Å². The van der Waals surface area contributed by atoms with Gasteiger partial charge in [0.1, 0.15) is 17.1 Å². The zero-order valence-corrected chi connectivity index (χ0v) is 31.6. The second-order valence-electron chi connectivity index (χ2n) is 13.4. The van der Waals surface area contributed by atoms with Gasteiger partial charge in [-0.05, 0) is 106 Å². The Bertz CT molecular complexity index is 2650. The molecule has 0 saturated carbocycles. The average Bonchev–Trinajstić information content (AvgIpc) is 3.52.